The first-order valence-corrected chi connectivity index (χ1v) is 6.42. The first-order chi connectivity index (χ1) is 9.49. The molecule has 0 aliphatic carbocycles. The van der Waals surface area contributed by atoms with Crippen molar-refractivity contribution in [1.29, 1.82) is 0 Å². The van der Waals surface area contributed by atoms with E-state index in [1.54, 1.807) is 0 Å². The zero-order valence-electron chi connectivity index (χ0n) is 11.8. The molecule has 2 rings (SSSR count). The van der Waals surface area contributed by atoms with E-state index in [4.69, 9.17) is 0 Å². The van der Waals surface area contributed by atoms with Crippen molar-refractivity contribution in [2.24, 2.45) is 0 Å². The normalized spacial score (nSPS) is 12.6. The van der Waals surface area contributed by atoms with Gasteiger partial charge in [0.25, 0.3) is 0 Å². The Morgan fingerprint density at radius 1 is 1.40 bits per heavy atom. The summed E-state index contributed by atoms with van der Waals surface area (Å²) in [7, 11) is 3.94. The van der Waals surface area contributed by atoms with Gasteiger partial charge in [-0.1, -0.05) is 18.2 Å². The van der Waals surface area contributed by atoms with E-state index < -0.39 is 4.92 Å². The predicted octanol–water partition coefficient (Wildman–Crippen LogP) is 2.51. The summed E-state index contributed by atoms with van der Waals surface area (Å²) in [4.78, 5) is 17.0. The monoisotopic (exact) mass is 274 g/mol. The van der Waals surface area contributed by atoms with Gasteiger partial charge in [0.1, 0.15) is 11.9 Å². The van der Waals surface area contributed by atoms with E-state index in [9.17, 15) is 10.1 Å². The van der Waals surface area contributed by atoms with E-state index in [0.717, 1.165) is 17.4 Å². The molecular formula is C14H18N4O2. The van der Waals surface area contributed by atoms with Crippen LogP contribution >= 0.6 is 0 Å². The molecule has 1 atom stereocenters. The third kappa shape index (κ3) is 3.03. The summed E-state index contributed by atoms with van der Waals surface area (Å²) in [6.45, 7) is 2.78. The van der Waals surface area contributed by atoms with Crippen LogP contribution in [0.5, 0.6) is 0 Å². The minimum absolute atomic E-state index is 0.00862. The SMILES string of the molecule is CC(CN(C)C)Nc1c([N+](=O)[O-])cnc2ccccc12. The molecule has 0 fully saturated rings. The molecule has 1 aromatic heterocycles. The highest BCUT2D eigenvalue weighted by molar-refractivity contribution is 5.95. The van der Waals surface area contributed by atoms with E-state index in [1.807, 2.05) is 50.2 Å². The fraction of sp³-hybridized carbons (Fsp3) is 0.357. The van der Waals surface area contributed by atoms with E-state index in [0.29, 0.717) is 5.69 Å². The molecule has 0 aliphatic heterocycles. The number of anilines is 1. The first kappa shape index (κ1) is 14.2. The van der Waals surface area contributed by atoms with E-state index >= 15 is 0 Å². The van der Waals surface area contributed by atoms with Gasteiger partial charge in [0.05, 0.1) is 10.4 Å². The summed E-state index contributed by atoms with van der Waals surface area (Å²) in [6.07, 6.45) is 1.31. The maximum Gasteiger partial charge on any atom is 0.311 e. The molecule has 0 spiro atoms. The summed E-state index contributed by atoms with van der Waals surface area (Å²) in [6, 6.07) is 7.51. The number of nitrogens with zero attached hydrogens (tertiary/aromatic N) is 3. The lowest BCUT2D eigenvalue weighted by molar-refractivity contribution is -0.384. The van der Waals surface area contributed by atoms with Crippen LogP contribution in [-0.2, 0) is 0 Å². The van der Waals surface area contributed by atoms with Crippen molar-refractivity contribution in [1.82, 2.24) is 9.88 Å². The Bertz CT molecular complexity index is 628. The highest BCUT2D eigenvalue weighted by atomic mass is 16.6. The topological polar surface area (TPSA) is 71.3 Å². The highest BCUT2D eigenvalue weighted by Crippen LogP contribution is 2.31. The largest absolute Gasteiger partial charge is 0.375 e. The van der Waals surface area contributed by atoms with Crippen LogP contribution in [-0.4, -0.2) is 41.5 Å². The molecule has 1 heterocycles. The fourth-order valence-corrected chi connectivity index (χ4v) is 2.26. The lowest BCUT2D eigenvalue weighted by Crippen LogP contribution is -2.30. The van der Waals surface area contributed by atoms with Crippen LogP contribution in [0, 0.1) is 10.1 Å². The zero-order valence-corrected chi connectivity index (χ0v) is 11.8. The number of pyridine rings is 1. The minimum Gasteiger partial charge on any atom is -0.375 e. The Morgan fingerprint density at radius 3 is 2.75 bits per heavy atom. The van der Waals surface area contributed by atoms with Crippen LogP contribution < -0.4 is 5.32 Å². The van der Waals surface area contributed by atoms with E-state index in [2.05, 4.69) is 10.3 Å². The van der Waals surface area contributed by atoms with Crippen LogP contribution in [0.2, 0.25) is 0 Å². The molecule has 0 aliphatic rings. The molecule has 1 unspecified atom stereocenters. The number of likely N-dealkylation sites (N-methyl/N-ethyl adjacent to an activating group) is 1. The zero-order chi connectivity index (χ0) is 14.7. The van der Waals surface area contributed by atoms with Gasteiger partial charge in [-0.05, 0) is 27.1 Å². The summed E-state index contributed by atoms with van der Waals surface area (Å²) < 4.78 is 0. The molecule has 0 saturated heterocycles. The molecule has 6 nitrogen and oxygen atoms in total. The summed E-state index contributed by atoms with van der Waals surface area (Å²) in [5, 5.41) is 15.2. The van der Waals surface area contributed by atoms with Crippen LogP contribution in [0.15, 0.2) is 30.5 Å². The van der Waals surface area contributed by atoms with Crippen LogP contribution in [0.4, 0.5) is 11.4 Å². The predicted molar refractivity (Wildman–Crippen MR) is 80.0 cm³/mol. The average Bonchev–Trinajstić information content (AvgIpc) is 2.37. The molecule has 0 radical (unpaired) electrons. The van der Waals surface area contributed by atoms with Gasteiger partial charge in [-0.25, -0.2) is 4.98 Å². The summed E-state index contributed by atoms with van der Waals surface area (Å²) in [5.41, 5.74) is 1.29. The number of nitro groups is 1. The molecule has 106 valence electrons. The number of benzene rings is 1. The second kappa shape index (κ2) is 5.83. The summed E-state index contributed by atoms with van der Waals surface area (Å²) >= 11 is 0. The van der Waals surface area contributed by atoms with Crippen LogP contribution in [0.1, 0.15) is 6.92 Å². The third-order valence-electron chi connectivity index (χ3n) is 2.98. The lowest BCUT2D eigenvalue weighted by Gasteiger charge is -2.20. The molecule has 1 aromatic carbocycles. The van der Waals surface area contributed by atoms with Gasteiger partial charge in [-0.15, -0.1) is 0 Å². The van der Waals surface area contributed by atoms with Gasteiger partial charge in [0.15, 0.2) is 0 Å². The standard InChI is InChI=1S/C14H18N4O2/c1-10(9-17(2)3)16-14-11-6-4-5-7-12(11)15-8-13(14)18(19)20/h4-8,10H,9H2,1-3H3,(H,15,16). The number of nitrogens with one attached hydrogen (secondary N) is 1. The molecule has 0 bridgehead atoms. The van der Waals surface area contributed by atoms with Crippen LogP contribution in [0.3, 0.4) is 0 Å². The fourth-order valence-electron chi connectivity index (χ4n) is 2.26. The van der Waals surface area contributed by atoms with Crippen LogP contribution in [0.25, 0.3) is 10.9 Å². The van der Waals surface area contributed by atoms with Gasteiger partial charge in [0.2, 0.25) is 0 Å². The van der Waals surface area contributed by atoms with E-state index in [1.165, 1.54) is 6.20 Å². The maximum atomic E-state index is 11.2. The molecule has 2 aromatic rings. The minimum atomic E-state index is -0.399. The van der Waals surface area contributed by atoms with Gasteiger partial charge >= 0.3 is 5.69 Å². The van der Waals surface area contributed by atoms with Crippen molar-refractivity contribution in [2.45, 2.75) is 13.0 Å². The quantitative estimate of drug-likeness (QED) is 0.670. The Hall–Kier alpha value is -2.21. The lowest BCUT2D eigenvalue weighted by atomic mass is 10.1. The van der Waals surface area contributed by atoms with Gasteiger partial charge in [0, 0.05) is 18.0 Å². The molecule has 6 heteroatoms. The Labute approximate surface area is 117 Å². The summed E-state index contributed by atoms with van der Waals surface area (Å²) in [5.74, 6) is 0. The average molecular weight is 274 g/mol. The van der Waals surface area contributed by atoms with Gasteiger partial charge < -0.3 is 10.2 Å². The second-order valence-corrected chi connectivity index (χ2v) is 5.10. The van der Waals surface area contributed by atoms with Crippen molar-refractivity contribution in [2.75, 3.05) is 26.0 Å². The maximum absolute atomic E-state index is 11.2. The third-order valence-corrected chi connectivity index (χ3v) is 2.98. The molecule has 1 N–H and O–H groups in total. The number of para-hydroxylation sites is 1. The van der Waals surface area contributed by atoms with E-state index in [-0.39, 0.29) is 11.7 Å². The smallest absolute Gasteiger partial charge is 0.311 e. The molecule has 0 saturated carbocycles. The van der Waals surface area contributed by atoms with Gasteiger partial charge in [-0.3, -0.25) is 10.1 Å². The van der Waals surface area contributed by atoms with Crippen molar-refractivity contribution in [3.05, 3.63) is 40.6 Å². The number of aromatic nitrogens is 1. The van der Waals surface area contributed by atoms with Gasteiger partial charge in [-0.2, -0.15) is 0 Å². The number of hydrogen-bond donors (Lipinski definition) is 1. The Balaban J connectivity index is 2.47. The van der Waals surface area contributed by atoms with Crippen molar-refractivity contribution < 1.29 is 4.92 Å². The highest BCUT2D eigenvalue weighted by Gasteiger charge is 2.19. The Kier molecular flexibility index (Phi) is 4.14. The van der Waals surface area contributed by atoms with Crippen molar-refractivity contribution >= 4 is 22.3 Å². The van der Waals surface area contributed by atoms with Crippen molar-refractivity contribution in [3.63, 3.8) is 0 Å². The second-order valence-electron chi connectivity index (χ2n) is 5.10. The first-order valence-electron chi connectivity index (χ1n) is 6.42. The van der Waals surface area contributed by atoms with Crippen molar-refractivity contribution in [3.8, 4) is 0 Å². The number of hydrogen-bond acceptors (Lipinski definition) is 5. The molecule has 20 heavy (non-hydrogen) atoms. The number of fused-ring (bicyclic) bond motifs is 1. The molecule has 0 amide bonds. The Morgan fingerprint density at radius 2 is 2.10 bits per heavy atom. The number of rotatable bonds is 5. The molecular weight excluding hydrogens is 256 g/mol.